The summed E-state index contributed by atoms with van der Waals surface area (Å²) in [5.41, 5.74) is 2.34. The molecule has 34 heavy (non-hydrogen) atoms. The van der Waals surface area contributed by atoms with E-state index in [4.69, 9.17) is 17.3 Å². The minimum absolute atomic E-state index is 0.0215. The fourth-order valence-corrected chi connectivity index (χ4v) is 6.10. The zero-order valence-electron chi connectivity index (χ0n) is 18.2. The van der Waals surface area contributed by atoms with E-state index in [1.807, 2.05) is 0 Å². The van der Waals surface area contributed by atoms with Crippen LogP contribution in [0.15, 0.2) is 6.07 Å². The molecular weight excluding hydrogens is 470 g/mol. The number of rotatable bonds is 4. The molecule has 180 valence electrons. The van der Waals surface area contributed by atoms with Crippen LogP contribution >= 0.6 is 11.6 Å². The van der Waals surface area contributed by atoms with Crippen LogP contribution in [0.3, 0.4) is 0 Å². The molecule has 12 heteroatoms. The highest BCUT2D eigenvalue weighted by atomic mass is 35.5. The number of nitrogens with one attached hydrogen (secondary N) is 1. The van der Waals surface area contributed by atoms with Crippen LogP contribution in [0.1, 0.15) is 22.3 Å². The van der Waals surface area contributed by atoms with Crippen molar-refractivity contribution in [1.82, 2.24) is 4.90 Å². The van der Waals surface area contributed by atoms with Crippen molar-refractivity contribution < 1.29 is 39.0 Å². The molecule has 2 saturated carbocycles. The molecule has 2 amide bonds. The molecule has 0 saturated heterocycles. The van der Waals surface area contributed by atoms with Crippen LogP contribution in [0.2, 0.25) is 5.02 Å². The van der Waals surface area contributed by atoms with Gasteiger partial charge in [-0.1, -0.05) is 11.6 Å². The van der Waals surface area contributed by atoms with Gasteiger partial charge in [-0.05, 0) is 44.5 Å². The van der Waals surface area contributed by atoms with Crippen LogP contribution in [0, 0.1) is 23.7 Å². The quantitative estimate of drug-likeness (QED) is 0.235. The molecule has 0 spiro atoms. The molecule has 1 aromatic carbocycles. The topological polar surface area (TPSA) is 184 Å². The van der Waals surface area contributed by atoms with Gasteiger partial charge in [-0.2, -0.15) is 0 Å². The minimum Gasteiger partial charge on any atom is -0.505 e. The monoisotopic (exact) mass is 491 g/mol. The van der Waals surface area contributed by atoms with E-state index in [-0.39, 0.29) is 35.5 Å². The Hall–Kier alpha value is -3.15. The number of nitrogens with two attached hydrogens (primary N) is 1. The van der Waals surface area contributed by atoms with Crippen molar-refractivity contribution >= 4 is 52.7 Å². The Morgan fingerprint density at radius 1 is 1.26 bits per heavy atom. The zero-order chi connectivity index (χ0) is 25.3. The van der Waals surface area contributed by atoms with Crippen molar-refractivity contribution in [3.63, 3.8) is 0 Å². The molecule has 4 rings (SSSR count). The van der Waals surface area contributed by atoms with Crippen LogP contribution in [0.4, 0.5) is 5.69 Å². The Morgan fingerprint density at radius 3 is 2.47 bits per heavy atom. The summed E-state index contributed by atoms with van der Waals surface area (Å²) in [6.07, 6.45) is 0.280. The number of likely N-dealkylation sites (N-methyl/N-ethyl adjacent to an activating group) is 1. The largest absolute Gasteiger partial charge is 0.505 e. The molecule has 1 aromatic rings. The Labute approximate surface area is 198 Å². The first-order valence-electron chi connectivity index (χ1n) is 10.5. The lowest BCUT2D eigenvalue weighted by Gasteiger charge is -2.52. The van der Waals surface area contributed by atoms with Gasteiger partial charge in [0.25, 0.3) is 0 Å². The molecule has 0 radical (unpaired) electrons. The summed E-state index contributed by atoms with van der Waals surface area (Å²) in [5, 5.41) is 24.3. The Balaban J connectivity index is 1.87. The number of carbonyl (C=O) groups is 6. The number of phenolic OH excluding ortho intramolecular Hbond substituents is 1. The standard InChI is InChI=1S/C22H22ClN3O8/c1-26(2)15-9-4-7-3-8-5-10(23)14(25-6-27)17(29)11(8)16(28)12(7)19(31)22(9,34)20(32)13(18(15)30)21(24)33/h5-7,9,12-13,15,29,34H,3-4H2,1-2H3,(H2,24,33)(H,25,27)/t7?,9?,12?,13?,15-,22-/m0/s1. The summed E-state index contributed by atoms with van der Waals surface area (Å²) in [5.74, 6) is -11.5. The van der Waals surface area contributed by atoms with Gasteiger partial charge in [-0.15, -0.1) is 0 Å². The lowest BCUT2D eigenvalue weighted by Crippen LogP contribution is -2.74. The Morgan fingerprint density at radius 2 is 1.91 bits per heavy atom. The van der Waals surface area contributed by atoms with Crippen LogP contribution in [0.5, 0.6) is 5.75 Å². The first-order valence-corrected chi connectivity index (χ1v) is 10.8. The molecule has 0 aliphatic heterocycles. The van der Waals surface area contributed by atoms with Gasteiger partial charge in [0.15, 0.2) is 40.4 Å². The number of fused-ring (bicyclic) bond motifs is 3. The minimum atomic E-state index is -2.79. The zero-order valence-corrected chi connectivity index (χ0v) is 19.0. The summed E-state index contributed by atoms with van der Waals surface area (Å²) >= 11 is 6.14. The van der Waals surface area contributed by atoms with Gasteiger partial charge < -0.3 is 21.3 Å². The number of hydrogen-bond donors (Lipinski definition) is 4. The second-order valence-electron chi connectivity index (χ2n) is 9.17. The molecule has 0 heterocycles. The lowest BCUT2D eigenvalue weighted by atomic mass is 9.52. The highest BCUT2D eigenvalue weighted by molar-refractivity contribution is 6.35. The predicted octanol–water partition coefficient (Wildman–Crippen LogP) is -0.911. The third-order valence-electron chi connectivity index (χ3n) is 7.21. The summed E-state index contributed by atoms with van der Waals surface area (Å²) in [6, 6.07) is 0.226. The van der Waals surface area contributed by atoms with E-state index >= 15 is 0 Å². The van der Waals surface area contributed by atoms with Crippen molar-refractivity contribution in [2.45, 2.75) is 24.5 Å². The van der Waals surface area contributed by atoms with E-state index in [1.165, 1.54) is 25.1 Å². The van der Waals surface area contributed by atoms with Gasteiger partial charge in [0.1, 0.15) is 5.69 Å². The smallest absolute Gasteiger partial charge is 0.235 e. The number of halogens is 1. The highest BCUT2D eigenvalue weighted by Crippen LogP contribution is 2.52. The number of anilines is 1. The normalized spacial score (nSPS) is 32.7. The molecule has 6 atom stereocenters. The molecule has 5 N–H and O–H groups in total. The molecule has 0 bridgehead atoms. The fraction of sp³-hybridized carbons (Fsp3) is 0.455. The van der Waals surface area contributed by atoms with Gasteiger partial charge >= 0.3 is 0 Å². The van der Waals surface area contributed by atoms with Crippen molar-refractivity contribution in [1.29, 1.82) is 0 Å². The molecule has 4 unspecified atom stereocenters. The van der Waals surface area contributed by atoms with E-state index < -0.39 is 70.1 Å². The summed E-state index contributed by atoms with van der Waals surface area (Å²) in [6.45, 7) is 0. The third-order valence-corrected chi connectivity index (χ3v) is 7.51. The third kappa shape index (κ3) is 3.04. The number of phenols is 1. The number of aliphatic hydroxyl groups is 1. The van der Waals surface area contributed by atoms with E-state index in [1.54, 1.807) is 0 Å². The van der Waals surface area contributed by atoms with E-state index in [9.17, 15) is 39.0 Å². The maximum Gasteiger partial charge on any atom is 0.235 e. The van der Waals surface area contributed by atoms with Crippen molar-refractivity contribution in [2.75, 3.05) is 19.4 Å². The van der Waals surface area contributed by atoms with Gasteiger partial charge in [-0.3, -0.25) is 33.7 Å². The first-order chi connectivity index (χ1) is 15.9. The first kappa shape index (κ1) is 24.0. The van der Waals surface area contributed by atoms with Crippen molar-refractivity contribution in [2.24, 2.45) is 29.4 Å². The van der Waals surface area contributed by atoms with Gasteiger partial charge in [-0.25, -0.2) is 0 Å². The van der Waals surface area contributed by atoms with Crippen molar-refractivity contribution in [3.8, 4) is 5.75 Å². The van der Waals surface area contributed by atoms with Gasteiger partial charge in [0, 0.05) is 5.92 Å². The second kappa shape index (κ2) is 7.97. The molecule has 2 fully saturated rings. The van der Waals surface area contributed by atoms with Crippen LogP contribution in [0.25, 0.3) is 0 Å². The number of benzene rings is 1. The number of aromatic hydroxyl groups is 1. The Kier molecular flexibility index (Phi) is 5.62. The molecule has 0 aromatic heterocycles. The van der Waals surface area contributed by atoms with Gasteiger partial charge in [0.05, 0.1) is 22.5 Å². The number of carbonyl (C=O) groups excluding carboxylic acids is 6. The second-order valence-corrected chi connectivity index (χ2v) is 9.57. The highest BCUT2D eigenvalue weighted by Gasteiger charge is 2.69. The molecular formula is C22H22ClN3O8. The average molecular weight is 492 g/mol. The number of Topliss-reactive ketones (excluding diaryl/α,β-unsaturated/α-hetero) is 4. The van der Waals surface area contributed by atoms with Crippen LogP contribution in [-0.2, 0) is 30.4 Å². The average Bonchev–Trinajstić information content (AvgIpc) is 2.73. The fourth-order valence-electron chi connectivity index (χ4n) is 5.82. The van der Waals surface area contributed by atoms with Gasteiger partial charge in [0.2, 0.25) is 12.3 Å². The van der Waals surface area contributed by atoms with Crippen molar-refractivity contribution in [3.05, 3.63) is 22.2 Å². The molecule has 3 aliphatic rings. The molecule has 3 aliphatic carbocycles. The van der Waals surface area contributed by atoms with E-state index in [2.05, 4.69) is 5.32 Å². The molecule has 11 nitrogen and oxygen atoms in total. The maximum absolute atomic E-state index is 13.6. The maximum atomic E-state index is 13.6. The van der Waals surface area contributed by atoms with Crippen LogP contribution in [-0.4, -0.2) is 76.3 Å². The number of amides is 2. The predicted molar refractivity (Wildman–Crippen MR) is 116 cm³/mol. The van der Waals surface area contributed by atoms with E-state index in [0.29, 0.717) is 5.56 Å². The van der Waals surface area contributed by atoms with Crippen LogP contribution < -0.4 is 11.1 Å². The summed E-state index contributed by atoms with van der Waals surface area (Å²) < 4.78 is 0. The van der Waals surface area contributed by atoms with E-state index in [0.717, 1.165) is 0 Å². The summed E-state index contributed by atoms with van der Waals surface area (Å²) in [4.78, 5) is 77.4. The summed E-state index contributed by atoms with van der Waals surface area (Å²) in [7, 11) is 3.02. The number of hydrogen-bond acceptors (Lipinski definition) is 9. The lowest BCUT2D eigenvalue weighted by molar-refractivity contribution is -0.181. The number of nitrogens with zero attached hydrogens (tertiary/aromatic N) is 1. The number of primary amides is 1. The Bertz CT molecular complexity index is 1180. The number of ketones is 4. The SMILES string of the molecule is CN(C)[C@@H]1C(=O)C(C(N)=O)C(=O)[C@@]2(O)C(=O)C3C(=O)c4c(cc(Cl)c(NC=O)c4O)CC3CC12.